The molecule has 0 radical (unpaired) electrons. The van der Waals surface area contributed by atoms with Crippen LogP contribution in [0.1, 0.15) is 6.92 Å². The lowest BCUT2D eigenvalue weighted by atomic mass is 10.1. The third-order valence-electron chi connectivity index (χ3n) is 2.18. The average molecular weight is 233 g/mol. The topological polar surface area (TPSA) is 100 Å². The van der Waals surface area contributed by atoms with Gasteiger partial charge in [0.15, 0.2) is 18.0 Å². The number of methoxy groups -OCH3 is 2. The lowest BCUT2D eigenvalue weighted by Gasteiger charge is -2.34. The Bertz CT molecular complexity index is 302. The molecule has 0 saturated carbocycles. The fourth-order valence-electron chi connectivity index (χ4n) is 1.50. The van der Waals surface area contributed by atoms with Crippen LogP contribution < -0.4 is 5.73 Å². The van der Waals surface area contributed by atoms with E-state index in [9.17, 15) is 9.90 Å². The van der Waals surface area contributed by atoms with Crippen molar-refractivity contribution in [3.8, 4) is 0 Å². The van der Waals surface area contributed by atoms with Crippen molar-refractivity contribution in [2.75, 3.05) is 14.2 Å². The molecule has 16 heavy (non-hydrogen) atoms. The molecule has 1 aliphatic rings. The molecule has 1 heterocycles. The zero-order chi connectivity index (χ0) is 12.3. The number of carbonyl (C=O) groups excluding carboxylic acids is 1. The number of allylic oxidation sites excluding steroid dienone is 1. The highest BCUT2D eigenvalue weighted by Gasteiger charge is 2.41. The van der Waals surface area contributed by atoms with E-state index in [0.29, 0.717) is 5.76 Å². The molecule has 0 bridgehead atoms. The minimum Gasteiger partial charge on any atom is -0.494 e. The molecule has 0 aliphatic carbocycles. The molecule has 1 amide bonds. The molecule has 0 aromatic heterocycles. The van der Waals surface area contributed by atoms with Crippen molar-refractivity contribution < 1.29 is 28.8 Å². The lowest BCUT2D eigenvalue weighted by molar-refractivity contribution is -0.201. The van der Waals surface area contributed by atoms with E-state index in [-0.39, 0.29) is 5.76 Å². The summed E-state index contributed by atoms with van der Waals surface area (Å²) in [5, 5.41) is 9.80. The van der Waals surface area contributed by atoms with Gasteiger partial charge in [-0.2, -0.15) is 0 Å². The molecule has 7 heteroatoms. The highest BCUT2D eigenvalue weighted by molar-refractivity contribution is 5.65. The lowest BCUT2D eigenvalue weighted by Crippen LogP contribution is -2.48. The van der Waals surface area contributed by atoms with Crippen molar-refractivity contribution >= 4 is 6.09 Å². The first-order valence-electron chi connectivity index (χ1n) is 4.59. The van der Waals surface area contributed by atoms with Crippen LogP contribution in [0.25, 0.3) is 0 Å². The van der Waals surface area contributed by atoms with Crippen LogP contribution in [0.5, 0.6) is 0 Å². The van der Waals surface area contributed by atoms with Gasteiger partial charge >= 0.3 is 6.09 Å². The van der Waals surface area contributed by atoms with Crippen molar-refractivity contribution in [3.63, 3.8) is 0 Å². The largest absolute Gasteiger partial charge is 0.494 e. The van der Waals surface area contributed by atoms with E-state index in [2.05, 4.69) is 0 Å². The van der Waals surface area contributed by atoms with E-state index in [1.54, 1.807) is 6.92 Å². The first-order valence-corrected chi connectivity index (χ1v) is 4.59. The maximum absolute atomic E-state index is 10.7. The molecule has 0 fully saturated rings. The number of aliphatic hydroxyl groups excluding tert-OH is 1. The highest BCUT2D eigenvalue weighted by Crippen LogP contribution is 2.27. The van der Waals surface area contributed by atoms with Crippen LogP contribution in [0, 0.1) is 0 Å². The monoisotopic (exact) mass is 233 g/mol. The molecule has 0 aromatic carbocycles. The summed E-state index contributed by atoms with van der Waals surface area (Å²) in [6.07, 6.45) is -4.16. The number of carbonyl (C=O) groups is 1. The highest BCUT2D eigenvalue weighted by atomic mass is 16.7. The summed E-state index contributed by atoms with van der Waals surface area (Å²) in [7, 11) is 2.74. The SMILES string of the molecule is COC1=C(C)OC(OC)C(O)C1OC(N)=O. The molecule has 7 nitrogen and oxygen atoms in total. The van der Waals surface area contributed by atoms with Crippen molar-refractivity contribution in [3.05, 3.63) is 11.5 Å². The number of aliphatic hydroxyl groups is 1. The van der Waals surface area contributed by atoms with E-state index in [1.807, 2.05) is 0 Å². The Morgan fingerprint density at radius 3 is 2.56 bits per heavy atom. The van der Waals surface area contributed by atoms with Crippen molar-refractivity contribution in [1.82, 2.24) is 0 Å². The Morgan fingerprint density at radius 1 is 1.50 bits per heavy atom. The van der Waals surface area contributed by atoms with Crippen molar-refractivity contribution in [2.45, 2.75) is 25.4 Å². The molecule has 3 N–H and O–H groups in total. The van der Waals surface area contributed by atoms with Gasteiger partial charge < -0.3 is 29.8 Å². The Morgan fingerprint density at radius 2 is 2.12 bits per heavy atom. The second-order valence-corrected chi connectivity index (χ2v) is 3.19. The van der Waals surface area contributed by atoms with Gasteiger partial charge in [-0.3, -0.25) is 0 Å². The van der Waals surface area contributed by atoms with Crippen LogP contribution in [0.3, 0.4) is 0 Å². The van der Waals surface area contributed by atoms with Gasteiger partial charge in [0.25, 0.3) is 0 Å². The maximum Gasteiger partial charge on any atom is 0.405 e. The third-order valence-corrected chi connectivity index (χ3v) is 2.18. The quantitative estimate of drug-likeness (QED) is 0.693. The average Bonchev–Trinajstić information content (AvgIpc) is 2.22. The van der Waals surface area contributed by atoms with Crippen molar-refractivity contribution in [1.29, 1.82) is 0 Å². The van der Waals surface area contributed by atoms with Crippen LogP contribution in [-0.4, -0.2) is 43.9 Å². The Kier molecular flexibility index (Phi) is 3.97. The molecule has 1 aliphatic heterocycles. The zero-order valence-electron chi connectivity index (χ0n) is 9.30. The van der Waals surface area contributed by atoms with Crippen LogP contribution in [0.4, 0.5) is 4.79 Å². The third kappa shape index (κ3) is 2.37. The molecule has 3 unspecified atom stereocenters. The van der Waals surface area contributed by atoms with E-state index in [4.69, 9.17) is 24.7 Å². The van der Waals surface area contributed by atoms with Gasteiger partial charge in [0.1, 0.15) is 5.76 Å². The Hall–Kier alpha value is -1.47. The fourth-order valence-corrected chi connectivity index (χ4v) is 1.50. The van der Waals surface area contributed by atoms with Crippen LogP contribution in [-0.2, 0) is 18.9 Å². The van der Waals surface area contributed by atoms with E-state index < -0.39 is 24.6 Å². The Labute approximate surface area is 92.7 Å². The number of hydrogen-bond acceptors (Lipinski definition) is 6. The standard InChI is InChI=1S/C9H15NO6/c1-4-6(13-2)7(16-9(10)12)5(11)8(14-3)15-4/h5,7-8,11H,1-3H3,(H2,10,12). The van der Waals surface area contributed by atoms with Crippen LogP contribution in [0.15, 0.2) is 11.5 Å². The second kappa shape index (κ2) is 5.04. The summed E-state index contributed by atoms with van der Waals surface area (Å²) in [5.74, 6) is 0.575. The zero-order valence-corrected chi connectivity index (χ0v) is 9.30. The summed E-state index contributed by atoms with van der Waals surface area (Å²) >= 11 is 0. The number of ether oxygens (including phenoxy) is 4. The van der Waals surface area contributed by atoms with E-state index in [1.165, 1.54) is 14.2 Å². The molecule has 1 rings (SSSR count). The predicted octanol–water partition coefficient (Wildman–Crippen LogP) is -0.308. The molecule has 0 saturated heterocycles. The minimum absolute atomic E-state index is 0.208. The normalized spacial score (nSPS) is 29.6. The summed E-state index contributed by atoms with van der Waals surface area (Å²) in [6.45, 7) is 1.61. The molecule has 0 spiro atoms. The minimum atomic E-state index is -1.20. The fraction of sp³-hybridized carbons (Fsp3) is 0.667. The van der Waals surface area contributed by atoms with E-state index >= 15 is 0 Å². The summed E-state index contributed by atoms with van der Waals surface area (Å²) in [6, 6.07) is 0. The number of rotatable bonds is 3. The van der Waals surface area contributed by atoms with Crippen LogP contribution >= 0.6 is 0 Å². The molecule has 3 atom stereocenters. The van der Waals surface area contributed by atoms with Crippen molar-refractivity contribution in [2.24, 2.45) is 5.73 Å². The number of primary amides is 1. The number of amides is 1. The summed E-state index contributed by atoms with van der Waals surface area (Å²) in [4.78, 5) is 10.7. The van der Waals surface area contributed by atoms with Gasteiger partial charge in [-0.15, -0.1) is 0 Å². The Balaban J connectivity index is 2.97. The molecule has 0 aromatic rings. The van der Waals surface area contributed by atoms with Gasteiger partial charge in [-0.05, 0) is 6.92 Å². The summed E-state index contributed by atoms with van der Waals surface area (Å²) in [5.41, 5.74) is 4.90. The molecule has 92 valence electrons. The maximum atomic E-state index is 10.7. The number of nitrogens with two attached hydrogens (primary N) is 1. The smallest absolute Gasteiger partial charge is 0.405 e. The molecular formula is C9H15NO6. The van der Waals surface area contributed by atoms with Gasteiger partial charge in [-0.25, -0.2) is 4.79 Å². The van der Waals surface area contributed by atoms with E-state index in [0.717, 1.165) is 0 Å². The van der Waals surface area contributed by atoms with Crippen LogP contribution in [0.2, 0.25) is 0 Å². The van der Waals surface area contributed by atoms with Gasteiger partial charge in [0.2, 0.25) is 6.29 Å². The number of hydrogen-bond donors (Lipinski definition) is 2. The van der Waals surface area contributed by atoms with Gasteiger partial charge in [0.05, 0.1) is 7.11 Å². The first-order chi connectivity index (χ1) is 7.51. The van der Waals surface area contributed by atoms with Gasteiger partial charge in [-0.1, -0.05) is 0 Å². The molecular weight excluding hydrogens is 218 g/mol. The predicted molar refractivity (Wildman–Crippen MR) is 52.1 cm³/mol. The second-order valence-electron chi connectivity index (χ2n) is 3.19. The summed E-state index contributed by atoms with van der Waals surface area (Å²) < 4.78 is 19.8. The van der Waals surface area contributed by atoms with Gasteiger partial charge in [0, 0.05) is 7.11 Å². The first kappa shape index (κ1) is 12.6.